The molecule has 27 heavy (non-hydrogen) atoms. The molecule has 2 heterocycles. The molecule has 0 bridgehead atoms. The van der Waals surface area contributed by atoms with Crippen LogP contribution in [0.3, 0.4) is 0 Å². The molecule has 0 N–H and O–H groups in total. The Morgan fingerprint density at radius 3 is 2.67 bits per heavy atom. The summed E-state index contributed by atoms with van der Waals surface area (Å²) in [5.41, 5.74) is 2.80. The van der Waals surface area contributed by atoms with Crippen LogP contribution in [0.15, 0.2) is 58.2 Å². The monoisotopic (exact) mass is 375 g/mol. The first-order valence-electron chi connectivity index (χ1n) is 8.97. The van der Waals surface area contributed by atoms with E-state index in [0.29, 0.717) is 0 Å². The van der Waals surface area contributed by atoms with Crippen LogP contribution in [0.4, 0.5) is 0 Å². The van der Waals surface area contributed by atoms with Gasteiger partial charge in [0, 0.05) is 16.3 Å². The number of ether oxygens (including phenoxy) is 1. The molecule has 0 spiro atoms. The van der Waals surface area contributed by atoms with E-state index in [1.165, 1.54) is 4.90 Å². The number of methoxy groups -OCH3 is 1. The smallest absolute Gasteiger partial charge is 0.347 e. The van der Waals surface area contributed by atoms with Gasteiger partial charge in [0.1, 0.15) is 5.75 Å². The van der Waals surface area contributed by atoms with E-state index >= 15 is 0 Å². The minimum absolute atomic E-state index is 0.0144. The largest absolute Gasteiger partial charge is 0.497 e. The quantitative estimate of drug-likeness (QED) is 0.351. The Bertz CT molecular complexity index is 1400. The predicted molar refractivity (Wildman–Crippen MR) is 111 cm³/mol. The fourth-order valence-corrected chi connectivity index (χ4v) is 4.93. The average Bonchev–Trinajstić information content (AvgIpc) is 2.99. The summed E-state index contributed by atoms with van der Waals surface area (Å²) < 4.78 is 9.31. The highest BCUT2D eigenvalue weighted by molar-refractivity contribution is 7.99. The van der Waals surface area contributed by atoms with Gasteiger partial charge >= 0.3 is 5.56 Å². The molecule has 5 aromatic rings. The number of thioether (sulfide) groups is 1. The van der Waals surface area contributed by atoms with E-state index < -0.39 is 0 Å². The summed E-state index contributed by atoms with van der Waals surface area (Å²) in [4.78, 5) is 14.7. The topological polar surface area (TPSA) is 34.6 Å². The molecule has 0 fully saturated rings. The van der Waals surface area contributed by atoms with Gasteiger partial charge in [-0.05, 0) is 41.5 Å². The van der Waals surface area contributed by atoms with E-state index in [0.717, 1.165) is 49.7 Å². The molecular formula is C22H19N2O2S+. The molecular weight excluding hydrogens is 356 g/mol. The summed E-state index contributed by atoms with van der Waals surface area (Å²) in [5, 5.41) is 4.06. The summed E-state index contributed by atoms with van der Waals surface area (Å²) >= 11 is 1.81. The third-order valence-corrected chi connectivity index (χ3v) is 6.24. The lowest BCUT2D eigenvalue weighted by atomic mass is 10.0. The number of nitrogens with zero attached hydrogens (tertiary/aromatic N) is 2. The highest BCUT2D eigenvalue weighted by Crippen LogP contribution is 2.35. The molecule has 0 amide bonds. The lowest BCUT2D eigenvalue weighted by Gasteiger charge is -2.08. The second-order valence-electron chi connectivity index (χ2n) is 6.65. The van der Waals surface area contributed by atoms with E-state index in [-0.39, 0.29) is 5.56 Å². The molecule has 2 aromatic heterocycles. The van der Waals surface area contributed by atoms with Gasteiger partial charge in [-0.1, -0.05) is 19.1 Å². The molecule has 0 saturated carbocycles. The maximum Gasteiger partial charge on any atom is 0.347 e. The van der Waals surface area contributed by atoms with Gasteiger partial charge in [-0.3, -0.25) is 0 Å². The van der Waals surface area contributed by atoms with Crippen LogP contribution < -0.4 is 14.9 Å². The standard InChI is InChI=1S/C22H19N2O2S/c1-4-27-19-11-9-16-20-14(19)6-5-7-15(20)21-23(2)17-10-8-13(26-3)12-18(17)24(21)22(16)25/h5-12H,4H2,1-3H3/q+1. The second kappa shape index (κ2) is 5.86. The van der Waals surface area contributed by atoms with Crippen LogP contribution in [0.2, 0.25) is 0 Å². The van der Waals surface area contributed by atoms with E-state index in [2.05, 4.69) is 35.8 Å². The second-order valence-corrected chi connectivity index (χ2v) is 7.96. The van der Waals surface area contributed by atoms with Gasteiger partial charge in [-0.25, -0.2) is 9.36 Å². The first kappa shape index (κ1) is 16.4. The Morgan fingerprint density at radius 2 is 1.89 bits per heavy atom. The molecule has 0 saturated heterocycles. The zero-order valence-electron chi connectivity index (χ0n) is 15.4. The summed E-state index contributed by atoms with van der Waals surface area (Å²) in [6.45, 7) is 2.15. The number of hydrogen-bond donors (Lipinski definition) is 0. The third kappa shape index (κ3) is 2.12. The zero-order chi connectivity index (χ0) is 18.7. The van der Waals surface area contributed by atoms with Crippen molar-refractivity contribution in [1.29, 1.82) is 0 Å². The Labute approximate surface area is 160 Å². The van der Waals surface area contributed by atoms with Gasteiger partial charge in [-0.15, -0.1) is 11.8 Å². The fourth-order valence-electron chi connectivity index (χ4n) is 4.12. The fraction of sp³-hybridized carbons (Fsp3) is 0.182. The predicted octanol–water partition coefficient (Wildman–Crippen LogP) is 4.14. The van der Waals surface area contributed by atoms with Crippen molar-refractivity contribution >= 4 is 50.0 Å². The van der Waals surface area contributed by atoms with Crippen LogP contribution in [0.25, 0.3) is 38.2 Å². The normalized spacial score (nSPS) is 12.0. The number of aromatic nitrogens is 2. The zero-order valence-corrected chi connectivity index (χ0v) is 16.3. The highest BCUT2D eigenvalue weighted by Gasteiger charge is 2.25. The number of imidazole rings is 1. The van der Waals surface area contributed by atoms with Crippen LogP contribution >= 0.6 is 11.8 Å². The van der Waals surface area contributed by atoms with Crippen molar-refractivity contribution in [2.75, 3.05) is 12.9 Å². The maximum atomic E-state index is 13.5. The van der Waals surface area contributed by atoms with E-state index in [1.807, 2.05) is 47.5 Å². The van der Waals surface area contributed by atoms with Gasteiger partial charge in [0.2, 0.25) is 0 Å². The number of fused-ring (bicyclic) bond motifs is 4. The van der Waals surface area contributed by atoms with Crippen molar-refractivity contribution in [3.63, 3.8) is 0 Å². The maximum absolute atomic E-state index is 13.5. The van der Waals surface area contributed by atoms with Crippen molar-refractivity contribution in [3.8, 4) is 5.75 Å². The van der Waals surface area contributed by atoms with Gasteiger partial charge in [0.05, 0.1) is 24.9 Å². The van der Waals surface area contributed by atoms with Gasteiger partial charge in [0.25, 0.3) is 5.65 Å². The van der Waals surface area contributed by atoms with Crippen LogP contribution in [-0.2, 0) is 7.05 Å². The SMILES string of the molecule is CCSc1ccc2c(=O)n3c4cc(OC)ccc4[n+](C)c3c3cccc1c23. The third-order valence-electron chi connectivity index (χ3n) is 5.29. The lowest BCUT2D eigenvalue weighted by Crippen LogP contribution is -2.29. The van der Waals surface area contributed by atoms with Crippen LogP contribution in [0.5, 0.6) is 5.75 Å². The molecule has 0 aliphatic carbocycles. The summed E-state index contributed by atoms with van der Waals surface area (Å²) in [7, 11) is 3.66. The summed E-state index contributed by atoms with van der Waals surface area (Å²) in [6.07, 6.45) is 0. The Hall–Kier alpha value is -2.79. The van der Waals surface area contributed by atoms with Crippen molar-refractivity contribution in [1.82, 2.24) is 4.40 Å². The molecule has 0 unspecified atom stereocenters. The summed E-state index contributed by atoms with van der Waals surface area (Å²) in [6, 6.07) is 16.2. The van der Waals surface area contributed by atoms with Crippen molar-refractivity contribution < 1.29 is 9.30 Å². The number of hydrogen-bond acceptors (Lipinski definition) is 3. The van der Waals surface area contributed by atoms with Crippen LogP contribution in [0, 0.1) is 0 Å². The Morgan fingerprint density at radius 1 is 1.07 bits per heavy atom. The molecule has 134 valence electrons. The Kier molecular flexibility index (Phi) is 3.56. The number of rotatable bonds is 3. The molecule has 0 radical (unpaired) electrons. The van der Waals surface area contributed by atoms with E-state index in [9.17, 15) is 4.79 Å². The average molecular weight is 375 g/mol. The molecule has 0 aliphatic heterocycles. The first-order valence-corrected chi connectivity index (χ1v) is 9.96. The van der Waals surface area contributed by atoms with E-state index in [1.54, 1.807) is 7.11 Å². The Balaban J connectivity index is 2.09. The van der Waals surface area contributed by atoms with Crippen LogP contribution in [0.1, 0.15) is 6.92 Å². The highest BCUT2D eigenvalue weighted by atomic mass is 32.2. The molecule has 5 heteroatoms. The molecule has 4 nitrogen and oxygen atoms in total. The first-order chi connectivity index (χ1) is 13.2. The lowest BCUT2D eigenvalue weighted by molar-refractivity contribution is -0.617. The van der Waals surface area contributed by atoms with Crippen LogP contribution in [-0.4, -0.2) is 17.3 Å². The van der Waals surface area contributed by atoms with Crippen molar-refractivity contribution in [2.24, 2.45) is 7.05 Å². The van der Waals surface area contributed by atoms with Gasteiger partial charge < -0.3 is 4.74 Å². The molecule has 5 rings (SSSR count). The van der Waals surface area contributed by atoms with Crippen molar-refractivity contribution in [2.45, 2.75) is 11.8 Å². The molecule has 0 atom stereocenters. The van der Waals surface area contributed by atoms with Gasteiger partial charge in [0.15, 0.2) is 11.0 Å². The molecule has 3 aromatic carbocycles. The van der Waals surface area contributed by atoms with Crippen molar-refractivity contribution in [3.05, 3.63) is 58.9 Å². The number of benzene rings is 3. The van der Waals surface area contributed by atoms with Gasteiger partial charge in [-0.2, -0.15) is 4.40 Å². The summed E-state index contributed by atoms with van der Waals surface area (Å²) in [5.74, 6) is 1.75. The minimum atomic E-state index is 0.0144. The van der Waals surface area contributed by atoms with E-state index in [4.69, 9.17) is 4.74 Å². The number of pyridine rings is 1. The molecule has 0 aliphatic rings. The number of aryl methyl sites for hydroxylation is 1. The minimum Gasteiger partial charge on any atom is -0.497 e.